The van der Waals surface area contributed by atoms with Gasteiger partial charge in [0.2, 0.25) is 0 Å². The van der Waals surface area contributed by atoms with Gasteiger partial charge in [-0.1, -0.05) is 32.6 Å². The Morgan fingerprint density at radius 1 is 1.17 bits per heavy atom. The Balaban J connectivity index is 2.11. The van der Waals surface area contributed by atoms with Crippen LogP contribution in [-0.4, -0.2) is 17.8 Å². The zero-order chi connectivity index (χ0) is 13.2. The van der Waals surface area contributed by atoms with Crippen LogP contribution in [0.2, 0.25) is 0 Å². The molecule has 1 aromatic rings. The molecular formula is C14H24N2O2. The fourth-order valence-electron chi connectivity index (χ4n) is 1.80. The molecule has 1 rings (SSSR count). The van der Waals surface area contributed by atoms with E-state index in [2.05, 4.69) is 6.92 Å². The summed E-state index contributed by atoms with van der Waals surface area (Å²) in [6.45, 7) is 4.12. The lowest BCUT2D eigenvalue weighted by atomic mass is 10.2. The Morgan fingerprint density at radius 2 is 1.94 bits per heavy atom. The summed E-state index contributed by atoms with van der Waals surface area (Å²) < 4.78 is 7.10. The quantitative estimate of drug-likeness (QED) is 0.687. The highest BCUT2D eigenvalue weighted by Gasteiger charge is 1.96. The third-order valence-electron chi connectivity index (χ3n) is 2.88. The molecule has 4 heteroatoms. The number of ether oxygens (including phenoxy) is 1. The first-order valence-electron chi connectivity index (χ1n) is 6.77. The van der Waals surface area contributed by atoms with E-state index in [1.807, 2.05) is 0 Å². The van der Waals surface area contributed by atoms with Gasteiger partial charge in [0, 0.05) is 31.1 Å². The molecule has 0 radical (unpaired) electrons. The highest BCUT2D eigenvalue weighted by atomic mass is 16.5. The summed E-state index contributed by atoms with van der Waals surface area (Å²) in [6.07, 6.45) is 7.84. The second-order valence-corrected chi connectivity index (χ2v) is 4.52. The number of nitrogen functional groups attached to an aromatic ring is 1. The normalized spacial score (nSPS) is 10.7. The van der Waals surface area contributed by atoms with Gasteiger partial charge in [-0.05, 0) is 12.5 Å². The highest BCUT2D eigenvalue weighted by Crippen LogP contribution is 2.02. The molecule has 0 unspecified atom stereocenters. The summed E-state index contributed by atoms with van der Waals surface area (Å²) in [7, 11) is 0. The van der Waals surface area contributed by atoms with Crippen molar-refractivity contribution in [3.05, 3.63) is 28.7 Å². The van der Waals surface area contributed by atoms with Crippen molar-refractivity contribution in [2.24, 2.45) is 0 Å². The van der Waals surface area contributed by atoms with Crippen LogP contribution in [0.5, 0.6) is 0 Å². The predicted octanol–water partition coefficient (Wildman–Crippen LogP) is 2.42. The van der Waals surface area contributed by atoms with Crippen molar-refractivity contribution in [1.82, 2.24) is 4.57 Å². The van der Waals surface area contributed by atoms with Crippen molar-refractivity contribution in [1.29, 1.82) is 0 Å². The molecule has 0 amide bonds. The van der Waals surface area contributed by atoms with Crippen molar-refractivity contribution >= 4 is 5.69 Å². The van der Waals surface area contributed by atoms with Crippen LogP contribution >= 0.6 is 0 Å². The number of hydrogen-bond donors (Lipinski definition) is 1. The van der Waals surface area contributed by atoms with E-state index in [0.717, 1.165) is 13.0 Å². The zero-order valence-corrected chi connectivity index (χ0v) is 11.2. The van der Waals surface area contributed by atoms with Gasteiger partial charge in [-0.2, -0.15) is 0 Å². The molecule has 0 saturated carbocycles. The minimum absolute atomic E-state index is 0.0317. The molecule has 0 fully saturated rings. The third-order valence-corrected chi connectivity index (χ3v) is 2.88. The summed E-state index contributed by atoms with van der Waals surface area (Å²) in [5.41, 5.74) is 6.20. The SMILES string of the molecule is CCCCCCCOCCn1cc(N)ccc1=O. The van der Waals surface area contributed by atoms with Crippen molar-refractivity contribution in [2.45, 2.75) is 45.6 Å². The van der Waals surface area contributed by atoms with Gasteiger partial charge in [-0.3, -0.25) is 4.79 Å². The van der Waals surface area contributed by atoms with E-state index < -0.39 is 0 Å². The van der Waals surface area contributed by atoms with Crippen molar-refractivity contribution in [2.75, 3.05) is 18.9 Å². The number of rotatable bonds is 9. The average Bonchev–Trinajstić information content (AvgIpc) is 2.36. The van der Waals surface area contributed by atoms with E-state index in [0.29, 0.717) is 18.8 Å². The first-order valence-corrected chi connectivity index (χ1v) is 6.77. The Hall–Kier alpha value is -1.29. The summed E-state index contributed by atoms with van der Waals surface area (Å²) in [4.78, 5) is 11.5. The molecule has 0 bridgehead atoms. The second-order valence-electron chi connectivity index (χ2n) is 4.52. The highest BCUT2D eigenvalue weighted by molar-refractivity contribution is 5.33. The maximum absolute atomic E-state index is 11.5. The van der Waals surface area contributed by atoms with Crippen LogP contribution in [-0.2, 0) is 11.3 Å². The minimum atomic E-state index is -0.0317. The number of unbranched alkanes of at least 4 members (excludes halogenated alkanes) is 4. The van der Waals surface area contributed by atoms with E-state index >= 15 is 0 Å². The van der Waals surface area contributed by atoms with Gasteiger partial charge >= 0.3 is 0 Å². The summed E-state index contributed by atoms with van der Waals surface area (Å²) in [6, 6.07) is 3.10. The first kappa shape index (κ1) is 14.8. The molecule has 0 aliphatic carbocycles. The fraction of sp³-hybridized carbons (Fsp3) is 0.643. The molecule has 0 aliphatic heterocycles. The molecule has 0 atom stereocenters. The lowest BCUT2D eigenvalue weighted by Crippen LogP contribution is -2.21. The Labute approximate surface area is 109 Å². The maximum Gasteiger partial charge on any atom is 0.250 e. The average molecular weight is 252 g/mol. The molecule has 0 aromatic carbocycles. The number of anilines is 1. The lowest BCUT2D eigenvalue weighted by molar-refractivity contribution is 0.121. The molecule has 2 N–H and O–H groups in total. The van der Waals surface area contributed by atoms with Crippen molar-refractivity contribution in [3.63, 3.8) is 0 Å². The fourth-order valence-corrected chi connectivity index (χ4v) is 1.80. The van der Waals surface area contributed by atoms with Crippen LogP contribution < -0.4 is 11.3 Å². The second kappa shape index (κ2) is 8.75. The Morgan fingerprint density at radius 3 is 2.72 bits per heavy atom. The molecule has 18 heavy (non-hydrogen) atoms. The molecule has 102 valence electrons. The number of pyridine rings is 1. The molecule has 0 spiro atoms. The summed E-state index contributed by atoms with van der Waals surface area (Å²) in [5.74, 6) is 0. The van der Waals surface area contributed by atoms with Gasteiger partial charge in [0.05, 0.1) is 6.61 Å². The van der Waals surface area contributed by atoms with E-state index in [-0.39, 0.29) is 5.56 Å². The Bertz CT molecular complexity index is 388. The lowest BCUT2D eigenvalue weighted by Gasteiger charge is -2.07. The minimum Gasteiger partial charge on any atom is -0.398 e. The van der Waals surface area contributed by atoms with Gasteiger partial charge < -0.3 is 15.0 Å². The van der Waals surface area contributed by atoms with Crippen LogP contribution in [0.15, 0.2) is 23.1 Å². The maximum atomic E-state index is 11.5. The Kier molecular flexibility index (Phi) is 7.18. The number of nitrogens with zero attached hydrogens (tertiary/aromatic N) is 1. The largest absolute Gasteiger partial charge is 0.398 e. The van der Waals surface area contributed by atoms with E-state index in [9.17, 15) is 4.79 Å². The molecule has 0 aliphatic rings. The molecule has 1 aromatic heterocycles. The van der Waals surface area contributed by atoms with Gasteiger partial charge in [0.15, 0.2) is 0 Å². The molecule has 1 heterocycles. The van der Waals surface area contributed by atoms with Crippen LogP contribution in [0.3, 0.4) is 0 Å². The summed E-state index contributed by atoms with van der Waals surface area (Å²) in [5, 5.41) is 0. The van der Waals surface area contributed by atoms with Crippen molar-refractivity contribution < 1.29 is 4.74 Å². The molecule has 0 saturated heterocycles. The third kappa shape index (κ3) is 5.87. The van der Waals surface area contributed by atoms with Crippen molar-refractivity contribution in [3.8, 4) is 0 Å². The first-order chi connectivity index (χ1) is 8.74. The number of nitrogens with two attached hydrogens (primary N) is 1. The van der Waals surface area contributed by atoms with Gasteiger partial charge in [0.1, 0.15) is 0 Å². The monoisotopic (exact) mass is 252 g/mol. The number of aromatic nitrogens is 1. The summed E-state index contributed by atoms with van der Waals surface area (Å²) >= 11 is 0. The van der Waals surface area contributed by atoms with E-state index in [1.54, 1.807) is 16.8 Å². The van der Waals surface area contributed by atoms with Crippen LogP contribution in [0, 0.1) is 0 Å². The van der Waals surface area contributed by atoms with Gasteiger partial charge in [-0.25, -0.2) is 0 Å². The van der Waals surface area contributed by atoms with Gasteiger partial charge in [-0.15, -0.1) is 0 Å². The molecular weight excluding hydrogens is 228 g/mol. The standard InChI is InChI=1S/C14H24N2O2/c1-2-3-4-5-6-10-18-11-9-16-12-13(15)7-8-14(16)17/h7-8,12H,2-6,9-11,15H2,1H3. The van der Waals surface area contributed by atoms with Crippen LogP contribution in [0.4, 0.5) is 5.69 Å². The molecule has 4 nitrogen and oxygen atoms in total. The van der Waals surface area contributed by atoms with Crippen LogP contribution in [0.1, 0.15) is 39.0 Å². The number of hydrogen-bond acceptors (Lipinski definition) is 3. The smallest absolute Gasteiger partial charge is 0.250 e. The predicted molar refractivity (Wildman–Crippen MR) is 74.7 cm³/mol. The topological polar surface area (TPSA) is 57.2 Å². The van der Waals surface area contributed by atoms with E-state index in [1.165, 1.54) is 31.7 Å². The van der Waals surface area contributed by atoms with E-state index in [4.69, 9.17) is 10.5 Å². The zero-order valence-electron chi connectivity index (χ0n) is 11.2. The van der Waals surface area contributed by atoms with Gasteiger partial charge in [0.25, 0.3) is 5.56 Å². The van der Waals surface area contributed by atoms with Crippen LogP contribution in [0.25, 0.3) is 0 Å².